The van der Waals surface area contributed by atoms with Crippen molar-refractivity contribution in [3.05, 3.63) is 24.0 Å². The number of nitrogens with zero attached hydrogens (tertiary/aromatic N) is 2. The van der Waals surface area contributed by atoms with Gasteiger partial charge in [-0.15, -0.1) is 0 Å². The van der Waals surface area contributed by atoms with E-state index < -0.39 is 21.9 Å². The quantitative estimate of drug-likeness (QED) is 0.892. The molecular formula is C13H16F3N3O2S. The summed E-state index contributed by atoms with van der Waals surface area (Å²) < 4.78 is 63.9. The van der Waals surface area contributed by atoms with E-state index in [1.165, 1.54) is 4.31 Å². The van der Waals surface area contributed by atoms with Crippen LogP contribution in [0.3, 0.4) is 0 Å². The van der Waals surface area contributed by atoms with Gasteiger partial charge < -0.3 is 5.32 Å². The van der Waals surface area contributed by atoms with E-state index in [-0.39, 0.29) is 10.9 Å². The first-order valence-corrected chi connectivity index (χ1v) is 8.50. The van der Waals surface area contributed by atoms with E-state index in [4.69, 9.17) is 0 Å². The molecule has 1 N–H and O–H groups in total. The van der Waals surface area contributed by atoms with Crippen LogP contribution in [-0.2, 0) is 16.2 Å². The first kappa shape index (κ1) is 15.7. The van der Waals surface area contributed by atoms with Crippen molar-refractivity contribution in [1.29, 1.82) is 0 Å². The van der Waals surface area contributed by atoms with Gasteiger partial charge in [-0.2, -0.15) is 17.5 Å². The number of halogens is 3. The zero-order valence-electron chi connectivity index (χ0n) is 11.7. The van der Waals surface area contributed by atoms with Crippen LogP contribution in [0.2, 0.25) is 0 Å². The van der Waals surface area contributed by atoms with Gasteiger partial charge in [0.05, 0.1) is 0 Å². The van der Waals surface area contributed by atoms with Crippen molar-refractivity contribution in [1.82, 2.24) is 14.6 Å². The molecule has 22 heavy (non-hydrogen) atoms. The maximum absolute atomic E-state index is 12.6. The van der Waals surface area contributed by atoms with Crippen molar-refractivity contribution in [3.63, 3.8) is 0 Å². The van der Waals surface area contributed by atoms with Crippen molar-refractivity contribution in [2.24, 2.45) is 0 Å². The molecule has 2 bridgehead atoms. The number of pyridine rings is 1. The second-order valence-electron chi connectivity index (χ2n) is 5.67. The lowest BCUT2D eigenvalue weighted by atomic mass is 10.1. The third kappa shape index (κ3) is 2.97. The van der Waals surface area contributed by atoms with Crippen molar-refractivity contribution >= 4 is 10.0 Å². The summed E-state index contributed by atoms with van der Waals surface area (Å²) in [6.45, 7) is 0.720. The average molecular weight is 335 g/mol. The molecule has 0 aromatic carbocycles. The Kier molecular flexibility index (Phi) is 3.90. The smallest absolute Gasteiger partial charge is 0.310 e. The summed E-state index contributed by atoms with van der Waals surface area (Å²) in [5, 5.41) is 3.36. The molecule has 2 fully saturated rings. The lowest BCUT2D eigenvalue weighted by Gasteiger charge is -2.23. The summed E-state index contributed by atoms with van der Waals surface area (Å²) in [5.74, 6) is 0. The first-order chi connectivity index (χ1) is 10.3. The lowest BCUT2D eigenvalue weighted by molar-refractivity contribution is -0.141. The number of nitrogens with one attached hydrogen (secondary N) is 1. The van der Waals surface area contributed by atoms with E-state index in [2.05, 4.69) is 10.3 Å². The molecule has 3 heterocycles. The molecule has 1 aromatic rings. The topological polar surface area (TPSA) is 62.3 Å². The molecule has 0 amide bonds. The van der Waals surface area contributed by atoms with Gasteiger partial charge >= 0.3 is 6.18 Å². The van der Waals surface area contributed by atoms with Gasteiger partial charge in [-0.3, -0.25) is 4.98 Å². The summed E-state index contributed by atoms with van der Waals surface area (Å²) >= 11 is 0. The fraction of sp³-hybridized carbons (Fsp3) is 0.615. The maximum atomic E-state index is 12.6. The first-order valence-electron chi connectivity index (χ1n) is 7.06. The standard InChI is InChI=1S/C13H16F3N3O2S/c14-13(15,16)12-4-3-11(7-17-12)22(20,21)19-6-5-9-1-2-10(8-19)18-9/h3-4,7,9-10,18H,1-2,5-6,8H2. The monoisotopic (exact) mass is 335 g/mol. The highest BCUT2D eigenvalue weighted by Gasteiger charge is 2.36. The van der Waals surface area contributed by atoms with E-state index in [1.807, 2.05) is 0 Å². The van der Waals surface area contributed by atoms with Gasteiger partial charge in [-0.1, -0.05) is 0 Å². The van der Waals surface area contributed by atoms with Gasteiger partial charge in [0.25, 0.3) is 0 Å². The Hall–Kier alpha value is -1.19. The van der Waals surface area contributed by atoms with Crippen LogP contribution in [0.25, 0.3) is 0 Å². The Balaban J connectivity index is 1.83. The molecule has 2 aliphatic heterocycles. The lowest BCUT2D eigenvalue weighted by Crippen LogP contribution is -2.39. The molecule has 0 aliphatic carbocycles. The van der Waals surface area contributed by atoms with Crippen molar-refractivity contribution in [3.8, 4) is 0 Å². The van der Waals surface area contributed by atoms with Crippen LogP contribution in [-0.4, -0.2) is 42.9 Å². The summed E-state index contributed by atoms with van der Waals surface area (Å²) in [6.07, 6.45) is -1.12. The average Bonchev–Trinajstić information content (AvgIpc) is 2.77. The van der Waals surface area contributed by atoms with Crippen molar-refractivity contribution in [2.75, 3.05) is 13.1 Å². The van der Waals surface area contributed by atoms with E-state index in [0.717, 1.165) is 25.1 Å². The third-order valence-corrected chi connectivity index (χ3v) is 6.00. The van der Waals surface area contributed by atoms with E-state index in [9.17, 15) is 21.6 Å². The predicted octanol–water partition coefficient (Wildman–Crippen LogP) is 1.62. The summed E-state index contributed by atoms with van der Waals surface area (Å²) in [4.78, 5) is 3.04. The molecule has 3 rings (SSSR count). The van der Waals surface area contributed by atoms with Gasteiger partial charge in [-0.05, 0) is 31.4 Å². The Morgan fingerprint density at radius 1 is 1.18 bits per heavy atom. The highest BCUT2D eigenvalue weighted by molar-refractivity contribution is 7.89. The zero-order valence-corrected chi connectivity index (χ0v) is 12.5. The number of hydrogen-bond donors (Lipinski definition) is 1. The van der Waals surface area contributed by atoms with Crippen molar-refractivity contribution in [2.45, 2.75) is 42.4 Å². The minimum absolute atomic E-state index is 0.115. The molecule has 2 atom stereocenters. The number of alkyl halides is 3. The van der Waals surface area contributed by atoms with E-state index in [0.29, 0.717) is 31.6 Å². The molecule has 0 saturated carbocycles. The Labute approximate surface area is 126 Å². The number of rotatable bonds is 2. The fourth-order valence-corrected chi connectivity index (χ4v) is 4.42. The normalized spacial score (nSPS) is 26.9. The molecule has 0 spiro atoms. The van der Waals surface area contributed by atoms with Gasteiger partial charge in [0.2, 0.25) is 10.0 Å². The Morgan fingerprint density at radius 2 is 1.91 bits per heavy atom. The van der Waals surface area contributed by atoms with Crippen LogP contribution in [0.15, 0.2) is 23.2 Å². The van der Waals surface area contributed by atoms with Gasteiger partial charge in [0.1, 0.15) is 10.6 Å². The number of sulfonamides is 1. The SMILES string of the molecule is O=S(=O)(c1ccc(C(F)(F)F)nc1)N1CCC2CCC(C1)N2. The second-order valence-corrected chi connectivity index (χ2v) is 7.60. The largest absolute Gasteiger partial charge is 0.433 e. The van der Waals surface area contributed by atoms with Gasteiger partial charge in [-0.25, -0.2) is 8.42 Å². The summed E-state index contributed by atoms with van der Waals surface area (Å²) in [7, 11) is -3.81. The number of aromatic nitrogens is 1. The van der Waals surface area contributed by atoms with E-state index >= 15 is 0 Å². The summed E-state index contributed by atoms with van der Waals surface area (Å²) in [5.41, 5.74) is -1.09. The molecular weight excluding hydrogens is 319 g/mol. The maximum Gasteiger partial charge on any atom is 0.433 e. The molecule has 5 nitrogen and oxygen atoms in total. The molecule has 0 radical (unpaired) electrons. The van der Waals surface area contributed by atoms with Crippen molar-refractivity contribution < 1.29 is 21.6 Å². The zero-order chi connectivity index (χ0) is 16.0. The molecule has 9 heteroatoms. The molecule has 2 saturated heterocycles. The highest BCUT2D eigenvalue weighted by Crippen LogP contribution is 2.29. The van der Waals surface area contributed by atoms with E-state index in [1.54, 1.807) is 0 Å². The Morgan fingerprint density at radius 3 is 2.55 bits per heavy atom. The van der Waals surface area contributed by atoms with Crippen LogP contribution in [0.1, 0.15) is 25.0 Å². The van der Waals surface area contributed by atoms with Crippen LogP contribution in [0, 0.1) is 0 Å². The van der Waals surface area contributed by atoms with Crippen LogP contribution in [0.4, 0.5) is 13.2 Å². The number of hydrogen-bond acceptors (Lipinski definition) is 4. The van der Waals surface area contributed by atoms with Crippen LogP contribution < -0.4 is 5.32 Å². The minimum Gasteiger partial charge on any atom is -0.310 e. The summed E-state index contributed by atoms with van der Waals surface area (Å²) in [6, 6.07) is 2.12. The Bertz CT molecular complexity index is 645. The second kappa shape index (κ2) is 5.47. The molecule has 1 aromatic heterocycles. The third-order valence-electron chi connectivity index (χ3n) is 4.15. The van der Waals surface area contributed by atoms with Crippen LogP contribution in [0.5, 0.6) is 0 Å². The molecule has 2 unspecified atom stereocenters. The van der Waals surface area contributed by atoms with Gasteiger partial charge in [0.15, 0.2) is 0 Å². The van der Waals surface area contributed by atoms with Gasteiger partial charge in [0, 0.05) is 31.4 Å². The predicted molar refractivity (Wildman–Crippen MR) is 72.6 cm³/mol. The van der Waals surface area contributed by atoms with Crippen LogP contribution >= 0.6 is 0 Å². The molecule has 122 valence electrons. The fourth-order valence-electron chi connectivity index (χ4n) is 2.98. The highest BCUT2D eigenvalue weighted by atomic mass is 32.2. The molecule has 2 aliphatic rings. The minimum atomic E-state index is -4.58. The number of fused-ring (bicyclic) bond motifs is 2.